The second-order valence-corrected chi connectivity index (χ2v) is 5.90. The molecule has 92 valence electrons. The largest absolute Gasteiger partial charge is 0.381 e. The fraction of sp³-hybridized carbons (Fsp3) is 0.923. The summed E-state index contributed by atoms with van der Waals surface area (Å²) in [6, 6.07) is 0. The number of nitrogens with zero attached hydrogens (tertiary/aromatic N) is 1. The molecule has 2 aliphatic rings. The monoisotopic (exact) mass is 225 g/mol. The second kappa shape index (κ2) is 4.36. The van der Waals surface area contributed by atoms with Crippen LogP contribution in [-0.4, -0.2) is 34.6 Å². The maximum absolute atomic E-state index is 12.0. The smallest absolute Gasteiger partial charge is 0.253 e. The van der Waals surface area contributed by atoms with E-state index >= 15 is 0 Å². The summed E-state index contributed by atoms with van der Waals surface area (Å²) in [7, 11) is 0. The van der Waals surface area contributed by atoms with Gasteiger partial charge in [0.25, 0.3) is 5.91 Å². The highest BCUT2D eigenvalue weighted by Crippen LogP contribution is 2.36. The molecule has 0 spiro atoms. The van der Waals surface area contributed by atoms with Gasteiger partial charge in [0.15, 0.2) is 0 Å². The van der Waals surface area contributed by atoms with Crippen molar-refractivity contribution in [2.75, 3.05) is 13.1 Å². The first kappa shape index (κ1) is 11.9. The van der Waals surface area contributed by atoms with Crippen LogP contribution in [0.4, 0.5) is 0 Å². The second-order valence-electron chi connectivity index (χ2n) is 5.90. The number of aliphatic hydroxyl groups is 1. The Labute approximate surface area is 97.8 Å². The van der Waals surface area contributed by atoms with Crippen molar-refractivity contribution in [1.82, 2.24) is 4.90 Å². The molecule has 1 amide bonds. The molecule has 1 aliphatic heterocycles. The van der Waals surface area contributed by atoms with Gasteiger partial charge in [-0.05, 0) is 38.5 Å². The molecule has 3 nitrogen and oxygen atoms in total. The fourth-order valence-corrected chi connectivity index (χ4v) is 3.17. The minimum Gasteiger partial charge on any atom is -0.381 e. The number of hydrogen-bond donors (Lipinski definition) is 1. The summed E-state index contributed by atoms with van der Waals surface area (Å²) in [4.78, 5) is 13.8. The van der Waals surface area contributed by atoms with E-state index in [0.29, 0.717) is 5.92 Å². The molecule has 0 radical (unpaired) electrons. The summed E-state index contributed by atoms with van der Waals surface area (Å²) in [5.74, 6) is 1.42. The van der Waals surface area contributed by atoms with Crippen molar-refractivity contribution in [3.05, 3.63) is 0 Å². The predicted octanol–water partition coefficient (Wildman–Crippen LogP) is 1.80. The Hall–Kier alpha value is -0.570. The Bertz CT molecular complexity index is 270. The Kier molecular flexibility index (Phi) is 3.24. The van der Waals surface area contributed by atoms with Crippen LogP contribution in [0.5, 0.6) is 0 Å². The van der Waals surface area contributed by atoms with Crippen molar-refractivity contribution in [1.29, 1.82) is 0 Å². The Balaban J connectivity index is 1.97. The summed E-state index contributed by atoms with van der Waals surface area (Å²) in [6.45, 7) is 4.88. The first-order valence-corrected chi connectivity index (χ1v) is 6.50. The first-order chi connectivity index (χ1) is 7.48. The molecule has 0 bridgehead atoms. The van der Waals surface area contributed by atoms with Crippen LogP contribution >= 0.6 is 0 Å². The number of carbonyl (C=O) groups excluding carboxylic acids is 1. The van der Waals surface area contributed by atoms with Crippen molar-refractivity contribution in [2.24, 2.45) is 11.8 Å². The van der Waals surface area contributed by atoms with E-state index in [2.05, 4.69) is 0 Å². The van der Waals surface area contributed by atoms with Crippen LogP contribution in [0.15, 0.2) is 0 Å². The van der Waals surface area contributed by atoms with Gasteiger partial charge in [-0.3, -0.25) is 4.79 Å². The highest BCUT2D eigenvalue weighted by atomic mass is 16.3. The molecule has 2 atom stereocenters. The Morgan fingerprint density at radius 2 is 1.81 bits per heavy atom. The van der Waals surface area contributed by atoms with E-state index in [4.69, 9.17) is 0 Å². The molecule has 2 unspecified atom stereocenters. The lowest BCUT2D eigenvalue weighted by molar-refractivity contribution is -0.151. The summed E-state index contributed by atoms with van der Waals surface area (Å²) in [5.41, 5.74) is -1.21. The van der Waals surface area contributed by atoms with Crippen LogP contribution in [0.3, 0.4) is 0 Å². The molecule has 0 aromatic carbocycles. The minimum atomic E-state index is -1.21. The van der Waals surface area contributed by atoms with Crippen LogP contribution in [-0.2, 0) is 4.79 Å². The van der Waals surface area contributed by atoms with Gasteiger partial charge in [0.1, 0.15) is 5.60 Å². The van der Waals surface area contributed by atoms with E-state index in [1.807, 2.05) is 4.90 Å². The number of piperidine rings is 1. The molecular formula is C13H23NO2. The number of hydrogen-bond acceptors (Lipinski definition) is 2. The molecule has 0 aromatic heterocycles. The standard InChI is InChI=1S/C13H23NO2/c1-13(2,16)12(15)14-8-7-10-5-3-4-6-11(10)9-14/h10-11,16H,3-9H2,1-2H3. The van der Waals surface area contributed by atoms with Crippen molar-refractivity contribution < 1.29 is 9.90 Å². The van der Waals surface area contributed by atoms with Crippen LogP contribution in [0.1, 0.15) is 46.0 Å². The number of likely N-dealkylation sites (tertiary alicyclic amines) is 1. The molecule has 2 rings (SSSR count). The van der Waals surface area contributed by atoms with Crippen LogP contribution in [0, 0.1) is 11.8 Å². The lowest BCUT2D eigenvalue weighted by atomic mass is 9.75. The van der Waals surface area contributed by atoms with Crippen molar-refractivity contribution in [3.63, 3.8) is 0 Å². The average molecular weight is 225 g/mol. The van der Waals surface area contributed by atoms with Crippen LogP contribution < -0.4 is 0 Å². The third-order valence-electron chi connectivity index (χ3n) is 4.10. The number of fused-ring (bicyclic) bond motifs is 1. The number of rotatable bonds is 1. The summed E-state index contributed by atoms with van der Waals surface area (Å²) in [5, 5.41) is 9.74. The van der Waals surface area contributed by atoms with Gasteiger partial charge < -0.3 is 10.0 Å². The summed E-state index contributed by atoms with van der Waals surface area (Å²) < 4.78 is 0. The molecule has 1 saturated heterocycles. The van der Waals surface area contributed by atoms with Gasteiger partial charge in [0.2, 0.25) is 0 Å². The van der Waals surface area contributed by atoms with E-state index in [1.165, 1.54) is 25.7 Å². The number of carbonyl (C=O) groups is 1. The third kappa shape index (κ3) is 2.40. The molecule has 1 heterocycles. The zero-order valence-corrected chi connectivity index (χ0v) is 10.4. The lowest BCUT2D eigenvalue weighted by Gasteiger charge is -2.42. The van der Waals surface area contributed by atoms with E-state index in [1.54, 1.807) is 13.8 Å². The third-order valence-corrected chi connectivity index (χ3v) is 4.10. The maximum Gasteiger partial charge on any atom is 0.253 e. The molecule has 2 fully saturated rings. The molecular weight excluding hydrogens is 202 g/mol. The van der Waals surface area contributed by atoms with Crippen LogP contribution in [0.25, 0.3) is 0 Å². The zero-order chi connectivity index (χ0) is 11.8. The van der Waals surface area contributed by atoms with Gasteiger partial charge >= 0.3 is 0 Å². The van der Waals surface area contributed by atoms with E-state index < -0.39 is 5.60 Å². The van der Waals surface area contributed by atoms with E-state index in [9.17, 15) is 9.90 Å². The van der Waals surface area contributed by atoms with Crippen molar-refractivity contribution in [2.45, 2.75) is 51.6 Å². The van der Waals surface area contributed by atoms with Crippen LogP contribution in [0.2, 0.25) is 0 Å². The number of amides is 1. The first-order valence-electron chi connectivity index (χ1n) is 6.50. The van der Waals surface area contributed by atoms with Crippen molar-refractivity contribution >= 4 is 5.91 Å². The molecule has 0 aromatic rings. The average Bonchev–Trinajstić information content (AvgIpc) is 2.26. The quantitative estimate of drug-likeness (QED) is 0.739. The molecule has 3 heteroatoms. The Morgan fingerprint density at radius 3 is 2.44 bits per heavy atom. The van der Waals surface area contributed by atoms with Gasteiger partial charge in [0.05, 0.1) is 0 Å². The van der Waals surface area contributed by atoms with E-state index in [0.717, 1.165) is 25.4 Å². The highest BCUT2D eigenvalue weighted by molar-refractivity contribution is 5.84. The van der Waals surface area contributed by atoms with Gasteiger partial charge in [0, 0.05) is 13.1 Å². The molecule has 1 saturated carbocycles. The van der Waals surface area contributed by atoms with Crippen molar-refractivity contribution in [3.8, 4) is 0 Å². The summed E-state index contributed by atoms with van der Waals surface area (Å²) >= 11 is 0. The van der Waals surface area contributed by atoms with Gasteiger partial charge in [-0.1, -0.05) is 19.3 Å². The zero-order valence-electron chi connectivity index (χ0n) is 10.4. The van der Waals surface area contributed by atoms with Gasteiger partial charge in [-0.15, -0.1) is 0 Å². The maximum atomic E-state index is 12.0. The predicted molar refractivity (Wildman–Crippen MR) is 62.9 cm³/mol. The van der Waals surface area contributed by atoms with Gasteiger partial charge in [-0.2, -0.15) is 0 Å². The highest BCUT2D eigenvalue weighted by Gasteiger charge is 2.36. The summed E-state index contributed by atoms with van der Waals surface area (Å²) in [6.07, 6.45) is 6.41. The Morgan fingerprint density at radius 1 is 1.19 bits per heavy atom. The SMILES string of the molecule is CC(C)(O)C(=O)N1CCC2CCCCC2C1. The molecule has 16 heavy (non-hydrogen) atoms. The van der Waals surface area contributed by atoms with Gasteiger partial charge in [-0.25, -0.2) is 0 Å². The fourth-order valence-electron chi connectivity index (χ4n) is 3.17. The minimum absolute atomic E-state index is 0.100. The molecule has 1 N–H and O–H groups in total. The molecule has 1 aliphatic carbocycles. The lowest BCUT2D eigenvalue weighted by Crippen LogP contribution is -2.51. The normalized spacial score (nSPS) is 31.1. The van der Waals surface area contributed by atoms with E-state index in [-0.39, 0.29) is 5.91 Å². The topological polar surface area (TPSA) is 40.5 Å².